The van der Waals surface area contributed by atoms with Gasteiger partial charge in [-0.1, -0.05) is 12.1 Å². The molecule has 21 heavy (non-hydrogen) atoms. The predicted molar refractivity (Wildman–Crippen MR) is 82.7 cm³/mol. The normalized spacial score (nSPS) is 22.3. The molecule has 2 heterocycles. The molecule has 0 aromatic heterocycles. The Labute approximate surface area is 126 Å². The molecule has 114 valence electrons. The summed E-state index contributed by atoms with van der Waals surface area (Å²) in [5, 5.41) is 3.40. The summed E-state index contributed by atoms with van der Waals surface area (Å²) in [4.78, 5) is 14.5. The fourth-order valence-electron chi connectivity index (χ4n) is 3.13. The van der Waals surface area contributed by atoms with Gasteiger partial charge in [0.05, 0.1) is 12.2 Å². The van der Waals surface area contributed by atoms with E-state index in [0.717, 1.165) is 44.8 Å². The van der Waals surface area contributed by atoms with E-state index in [-0.39, 0.29) is 5.91 Å². The molecular weight excluding hydrogens is 264 g/mol. The Kier molecular flexibility index (Phi) is 4.76. The molecular formula is C17H24N2O2. The van der Waals surface area contributed by atoms with Crippen LogP contribution in [0.2, 0.25) is 0 Å². The molecule has 0 radical (unpaired) electrons. The lowest BCUT2D eigenvalue weighted by Crippen LogP contribution is -2.33. The molecule has 2 fully saturated rings. The summed E-state index contributed by atoms with van der Waals surface area (Å²) < 4.78 is 5.97. The van der Waals surface area contributed by atoms with Crippen LogP contribution < -0.4 is 10.1 Å². The van der Waals surface area contributed by atoms with E-state index in [1.54, 1.807) is 0 Å². The zero-order chi connectivity index (χ0) is 14.5. The van der Waals surface area contributed by atoms with Gasteiger partial charge in [-0.15, -0.1) is 0 Å². The highest BCUT2D eigenvalue weighted by Gasteiger charge is 2.22. The van der Waals surface area contributed by atoms with Gasteiger partial charge in [0.2, 0.25) is 0 Å². The second kappa shape index (κ2) is 6.94. The molecule has 0 unspecified atom stereocenters. The third kappa shape index (κ3) is 3.56. The number of amides is 1. The molecule has 3 rings (SSSR count). The summed E-state index contributed by atoms with van der Waals surface area (Å²) in [6.07, 6.45) is 4.64. The third-order valence-corrected chi connectivity index (χ3v) is 4.38. The number of carbonyl (C=O) groups is 1. The first-order valence-corrected chi connectivity index (χ1v) is 8.06. The van der Waals surface area contributed by atoms with E-state index in [9.17, 15) is 4.79 Å². The second-order valence-corrected chi connectivity index (χ2v) is 6.02. The Morgan fingerprint density at radius 3 is 2.81 bits per heavy atom. The van der Waals surface area contributed by atoms with Gasteiger partial charge in [-0.2, -0.15) is 0 Å². The highest BCUT2D eigenvalue weighted by Crippen LogP contribution is 2.23. The maximum absolute atomic E-state index is 12.6. The summed E-state index contributed by atoms with van der Waals surface area (Å²) >= 11 is 0. The number of ether oxygens (including phenoxy) is 1. The largest absolute Gasteiger partial charge is 0.492 e. The maximum atomic E-state index is 12.6. The van der Waals surface area contributed by atoms with Gasteiger partial charge < -0.3 is 15.0 Å². The number of carbonyl (C=O) groups excluding carboxylic acids is 1. The van der Waals surface area contributed by atoms with Crippen LogP contribution in [0.25, 0.3) is 0 Å². The van der Waals surface area contributed by atoms with E-state index in [1.807, 2.05) is 29.2 Å². The number of likely N-dealkylation sites (tertiary alicyclic amines) is 1. The number of nitrogens with zero attached hydrogens (tertiary/aromatic N) is 1. The van der Waals surface area contributed by atoms with E-state index < -0.39 is 0 Å². The monoisotopic (exact) mass is 288 g/mol. The van der Waals surface area contributed by atoms with Gasteiger partial charge in [0.15, 0.2) is 0 Å². The van der Waals surface area contributed by atoms with Crippen LogP contribution >= 0.6 is 0 Å². The van der Waals surface area contributed by atoms with E-state index in [4.69, 9.17) is 4.74 Å². The van der Waals surface area contributed by atoms with Crippen molar-refractivity contribution in [3.63, 3.8) is 0 Å². The average Bonchev–Trinajstić information content (AvgIpc) is 3.08. The van der Waals surface area contributed by atoms with Crippen LogP contribution in [0.3, 0.4) is 0 Å². The van der Waals surface area contributed by atoms with Crippen molar-refractivity contribution in [2.75, 3.05) is 32.8 Å². The molecule has 1 amide bonds. The molecule has 4 heteroatoms. The molecule has 1 aromatic rings. The summed E-state index contributed by atoms with van der Waals surface area (Å²) in [6.45, 7) is 4.57. The Morgan fingerprint density at radius 2 is 2.05 bits per heavy atom. The third-order valence-electron chi connectivity index (χ3n) is 4.38. The van der Waals surface area contributed by atoms with Crippen molar-refractivity contribution < 1.29 is 9.53 Å². The number of nitrogens with one attached hydrogen (secondary N) is 1. The molecule has 1 atom stereocenters. The van der Waals surface area contributed by atoms with Gasteiger partial charge in [-0.25, -0.2) is 0 Å². The fourth-order valence-corrected chi connectivity index (χ4v) is 3.13. The van der Waals surface area contributed by atoms with Gasteiger partial charge in [0.25, 0.3) is 5.91 Å². The molecule has 4 nitrogen and oxygen atoms in total. The SMILES string of the molecule is O=C(c1ccccc1OC[C@@H]1CCCNC1)N1CCCC1. The van der Waals surface area contributed by atoms with Crippen LogP contribution in [-0.2, 0) is 0 Å². The van der Waals surface area contributed by atoms with Crippen LogP contribution in [0, 0.1) is 5.92 Å². The van der Waals surface area contributed by atoms with E-state index in [0.29, 0.717) is 18.1 Å². The molecule has 0 aliphatic carbocycles. The van der Waals surface area contributed by atoms with Crippen molar-refractivity contribution in [1.29, 1.82) is 0 Å². The first-order valence-electron chi connectivity index (χ1n) is 8.06. The van der Waals surface area contributed by atoms with E-state index >= 15 is 0 Å². The Bertz CT molecular complexity index is 477. The van der Waals surface area contributed by atoms with E-state index in [2.05, 4.69) is 5.32 Å². The van der Waals surface area contributed by atoms with Crippen LogP contribution in [0.4, 0.5) is 0 Å². The Balaban J connectivity index is 1.65. The fraction of sp³-hybridized carbons (Fsp3) is 0.588. The lowest BCUT2D eigenvalue weighted by Gasteiger charge is -2.24. The van der Waals surface area contributed by atoms with Gasteiger partial charge in [-0.05, 0) is 44.4 Å². The minimum Gasteiger partial charge on any atom is -0.492 e. The zero-order valence-electron chi connectivity index (χ0n) is 12.5. The average molecular weight is 288 g/mol. The van der Waals surface area contributed by atoms with E-state index in [1.165, 1.54) is 12.8 Å². The number of benzene rings is 1. The van der Waals surface area contributed by atoms with Gasteiger partial charge >= 0.3 is 0 Å². The topological polar surface area (TPSA) is 41.6 Å². The van der Waals surface area contributed by atoms with Crippen molar-refractivity contribution in [1.82, 2.24) is 10.2 Å². The highest BCUT2D eigenvalue weighted by atomic mass is 16.5. The molecule has 0 spiro atoms. The van der Waals surface area contributed by atoms with Crippen LogP contribution in [0.1, 0.15) is 36.0 Å². The highest BCUT2D eigenvalue weighted by molar-refractivity contribution is 5.97. The van der Waals surface area contributed by atoms with Crippen molar-refractivity contribution in [3.05, 3.63) is 29.8 Å². The minimum absolute atomic E-state index is 0.116. The first-order chi connectivity index (χ1) is 10.3. The van der Waals surface area contributed by atoms with Crippen LogP contribution in [0.15, 0.2) is 24.3 Å². The summed E-state index contributed by atoms with van der Waals surface area (Å²) in [7, 11) is 0. The lowest BCUT2D eigenvalue weighted by atomic mass is 10.0. The molecule has 2 saturated heterocycles. The smallest absolute Gasteiger partial charge is 0.257 e. The lowest BCUT2D eigenvalue weighted by molar-refractivity contribution is 0.0787. The first kappa shape index (κ1) is 14.4. The quantitative estimate of drug-likeness (QED) is 0.924. The molecule has 2 aliphatic heterocycles. The summed E-state index contributed by atoms with van der Waals surface area (Å²) in [6, 6.07) is 7.65. The summed E-state index contributed by atoms with van der Waals surface area (Å²) in [5.41, 5.74) is 0.711. The zero-order valence-corrected chi connectivity index (χ0v) is 12.5. The number of hydrogen-bond acceptors (Lipinski definition) is 3. The van der Waals surface area contributed by atoms with Crippen molar-refractivity contribution in [2.24, 2.45) is 5.92 Å². The molecule has 1 aromatic carbocycles. The van der Waals surface area contributed by atoms with Crippen molar-refractivity contribution in [3.8, 4) is 5.75 Å². The van der Waals surface area contributed by atoms with Crippen molar-refractivity contribution in [2.45, 2.75) is 25.7 Å². The van der Waals surface area contributed by atoms with Crippen LogP contribution in [0.5, 0.6) is 5.75 Å². The second-order valence-electron chi connectivity index (χ2n) is 6.02. The number of hydrogen-bond donors (Lipinski definition) is 1. The minimum atomic E-state index is 0.116. The van der Waals surface area contributed by atoms with Gasteiger partial charge in [-0.3, -0.25) is 4.79 Å². The van der Waals surface area contributed by atoms with Gasteiger partial charge in [0.1, 0.15) is 5.75 Å². The standard InChI is InChI=1S/C17H24N2O2/c20-17(19-10-3-4-11-19)15-7-1-2-8-16(15)21-13-14-6-5-9-18-12-14/h1-2,7-8,14,18H,3-6,9-13H2/t14-/m1/s1. The molecule has 2 aliphatic rings. The molecule has 1 N–H and O–H groups in total. The Morgan fingerprint density at radius 1 is 1.24 bits per heavy atom. The van der Waals surface area contributed by atoms with Crippen LogP contribution in [-0.4, -0.2) is 43.6 Å². The number of para-hydroxylation sites is 1. The van der Waals surface area contributed by atoms with Crippen molar-refractivity contribution >= 4 is 5.91 Å². The molecule has 0 saturated carbocycles. The summed E-state index contributed by atoms with van der Waals surface area (Å²) in [5.74, 6) is 1.40. The number of piperidine rings is 1. The molecule has 0 bridgehead atoms. The number of rotatable bonds is 4. The maximum Gasteiger partial charge on any atom is 0.257 e. The predicted octanol–water partition coefficient (Wildman–Crippen LogP) is 2.30. The van der Waals surface area contributed by atoms with Gasteiger partial charge in [0, 0.05) is 25.6 Å². The Hall–Kier alpha value is -1.55.